The summed E-state index contributed by atoms with van der Waals surface area (Å²) in [4.78, 5) is 5.40. The van der Waals surface area contributed by atoms with Crippen LogP contribution >= 0.6 is 11.3 Å². The van der Waals surface area contributed by atoms with Crippen LogP contribution in [0.25, 0.3) is 0 Å². The number of hydrogen-bond acceptors (Lipinski definition) is 6. The molecule has 2 fully saturated rings. The van der Waals surface area contributed by atoms with E-state index in [0.29, 0.717) is 26.3 Å². The number of nitrogens with one attached hydrogen (secondary N) is 1. The molecule has 1 saturated heterocycles. The standard InChI is InChI=1S/C14H22N2O3S/c17-14(4-2-1-3-5-14)10-15-9-12-16-8-11(20-12)13-18-6-7-19-13/h8,13,15,17H,1-7,9-10H2. The van der Waals surface area contributed by atoms with Gasteiger partial charge in [0.1, 0.15) is 5.01 Å². The molecular weight excluding hydrogens is 276 g/mol. The zero-order valence-corrected chi connectivity index (χ0v) is 12.5. The van der Waals surface area contributed by atoms with Crippen LogP contribution in [0.4, 0.5) is 0 Å². The predicted octanol–water partition coefficient (Wildman–Crippen LogP) is 1.97. The summed E-state index contributed by atoms with van der Waals surface area (Å²) in [5, 5.41) is 14.8. The molecule has 20 heavy (non-hydrogen) atoms. The normalized spacial score (nSPS) is 23.2. The predicted molar refractivity (Wildman–Crippen MR) is 76.5 cm³/mol. The van der Waals surface area contributed by atoms with Crippen LogP contribution in [0.2, 0.25) is 0 Å². The minimum absolute atomic E-state index is 0.233. The van der Waals surface area contributed by atoms with E-state index in [2.05, 4.69) is 10.3 Å². The molecule has 0 atom stereocenters. The Hall–Kier alpha value is -0.530. The zero-order chi connectivity index (χ0) is 13.8. The van der Waals surface area contributed by atoms with Crippen molar-refractivity contribution in [3.05, 3.63) is 16.1 Å². The van der Waals surface area contributed by atoms with Crippen LogP contribution in [0, 0.1) is 0 Å². The van der Waals surface area contributed by atoms with Crippen LogP contribution in [0.3, 0.4) is 0 Å². The minimum Gasteiger partial charge on any atom is -0.389 e. The van der Waals surface area contributed by atoms with Crippen molar-refractivity contribution < 1.29 is 14.6 Å². The van der Waals surface area contributed by atoms with E-state index in [1.165, 1.54) is 6.42 Å². The first-order valence-electron chi connectivity index (χ1n) is 7.36. The summed E-state index contributed by atoms with van der Waals surface area (Å²) >= 11 is 1.61. The van der Waals surface area contributed by atoms with Crippen molar-refractivity contribution in [2.24, 2.45) is 0 Å². The molecule has 2 heterocycles. The van der Waals surface area contributed by atoms with Crippen LogP contribution < -0.4 is 5.32 Å². The number of aliphatic hydroxyl groups is 1. The largest absolute Gasteiger partial charge is 0.389 e. The first-order chi connectivity index (χ1) is 9.75. The summed E-state index contributed by atoms with van der Waals surface area (Å²) in [6, 6.07) is 0. The monoisotopic (exact) mass is 298 g/mol. The molecule has 3 rings (SSSR count). The van der Waals surface area contributed by atoms with Crippen LogP contribution in [-0.2, 0) is 16.0 Å². The molecule has 1 aliphatic carbocycles. The molecule has 1 aromatic rings. The Morgan fingerprint density at radius 3 is 2.80 bits per heavy atom. The number of rotatable bonds is 5. The molecule has 2 N–H and O–H groups in total. The van der Waals surface area contributed by atoms with Crippen molar-refractivity contribution in [3.63, 3.8) is 0 Å². The molecule has 0 aromatic carbocycles. The fourth-order valence-electron chi connectivity index (χ4n) is 2.83. The average Bonchev–Trinajstić information content (AvgIpc) is 3.09. The number of ether oxygens (including phenoxy) is 2. The summed E-state index contributed by atoms with van der Waals surface area (Å²) < 4.78 is 10.9. The van der Waals surface area contributed by atoms with E-state index in [1.807, 2.05) is 6.20 Å². The molecule has 2 aliphatic rings. The van der Waals surface area contributed by atoms with Crippen molar-refractivity contribution in [3.8, 4) is 0 Å². The molecule has 1 aliphatic heterocycles. The maximum absolute atomic E-state index is 10.4. The second-order valence-electron chi connectivity index (χ2n) is 5.62. The van der Waals surface area contributed by atoms with Gasteiger partial charge in [0.25, 0.3) is 0 Å². The van der Waals surface area contributed by atoms with Gasteiger partial charge in [0.15, 0.2) is 6.29 Å². The molecule has 1 aromatic heterocycles. The molecule has 1 saturated carbocycles. The van der Waals surface area contributed by atoms with E-state index in [1.54, 1.807) is 11.3 Å². The molecule has 0 radical (unpaired) electrons. The number of thiazole rings is 1. The highest BCUT2D eigenvalue weighted by Crippen LogP contribution is 2.29. The third kappa shape index (κ3) is 3.56. The van der Waals surface area contributed by atoms with Gasteiger partial charge < -0.3 is 19.9 Å². The fourth-order valence-corrected chi connectivity index (χ4v) is 3.72. The maximum Gasteiger partial charge on any atom is 0.194 e. The van der Waals surface area contributed by atoms with Gasteiger partial charge in [-0.25, -0.2) is 4.98 Å². The van der Waals surface area contributed by atoms with E-state index in [-0.39, 0.29) is 6.29 Å². The Kier molecular flexibility index (Phi) is 4.68. The van der Waals surface area contributed by atoms with Crippen molar-refractivity contribution in [2.45, 2.75) is 50.5 Å². The molecule has 0 amide bonds. The number of hydrogen-bond donors (Lipinski definition) is 2. The van der Waals surface area contributed by atoms with Gasteiger partial charge in [0.2, 0.25) is 0 Å². The molecule has 0 bridgehead atoms. The Morgan fingerprint density at radius 2 is 2.05 bits per heavy atom. The van der Waals surface area contributed by atoms with Gasteiger partial charge in [-0.1, -0.05) is 19.3 Å². The smallest absolute Gasteiger partial charge is 0.194 e. The molecule has 5 nitrogen and oxygen atoms in total. The Labute approximate surface area is 123 Å². The van der Waals surface area contributed by atoms with Gasteiger partial charge in [-0.2, -0.15) is 0 Å². The second kappa shape index (κ2) is 6.49. The van der Waals surface area contributed by atoms with E-state index < -0.39 is 5.60 Å². The van der Waals surface area contributed by atoms with E-state index in [4.69, 9.17) is 9.47 Å². The van der Waals surface area contributed by atoms with Gasteiger partial charge in [-0.05, 0) is 12.8 Å². The SMILES string of the molecule is OC1(CNCc2ncc(C3OCCO3)s2)CCCCC1. The van der Waals surface area contributed by atoms with Crippen LogP contribution in [0.15, 0.2) is 6.20 Å². The average molecular weight is 298 g/mol. The molecule has 6 heteroatoms. The van der Waals surface area contributed by atoms with E-state index in [9.17, 15) is 5.11 Å². The highest BCUT2D eigenvalue weighted by molar-refractivity contribution is 7.11. The zero-order valence-electron chi connectivity index (χ0n) is 11.6. The molecule has 112 valence electrons. The highest BCUT2D eigenvalue weighted by atomic mass is 32.1. The van der Waals surface area contributed by atoms with Gasteiger partial charge in [0, 0.05) is 19.3 Å². The van der Waals surface area contributed by atoms with Gasteiger partial charge in [0.05, 0.1) is 23.7 Å². The summed E-state index contributed by atoms with van der Waals surface area (Å²) in [6.07, 6.45) is 6.93. The Morgan fingerprint density at radius 1 is 1.30 bits per heavy atom. The van der Waals surface area contributed by atoms with Gasteiger partial charge in [-0.3, -0.25) is 0 Å². The first-order valence-corrected chi connectivity index (χ1v) is 8.18. The van der Waals surface area contributed by atoms with Crippen molar-refractivity contribution in [2.75, 3.05) is 19.8 Å². The molecular formula is C14H22N2O3S. The third-order valence-electron chi connectivity index (χ3n) is 3.94. The van der Waals surface area contributed by atoms with Crippen molar-refractivity contribution in [1.29, 1.82) is 0 Å². The van der Waals surface area contributed by atoms with E-state index in [0.717, 1.165) is 35.6 Å². The first kappa shape index (κ1) is 14.4. The lowest BCUT2D eigenvalue weighted by Crippen LogP contribution is -2.41. The number of nitrogens with zero attached hydrogens (tertiary/aromatic N) is 1. The van der Waals surface area contributed by atoms with Gasteiger partial charge in [-0.15, -0.1) is 11.3 Å². The summed E-state index contributed by atoms with van der Waals surface area (Å²) in [5.74, 6) is 0. The molecule has 0 unspecified atom stereocenters. The lowest BCUT2D eigenvalue weighted by Gasteiger charge is -2.32. The summed E-state index contributed by atoms with van der Waals surface area (Å²) in [7, 11) is 0. The number of aromatic nitrogens is 1. The highest BCUT2D eigenvalue weighted by Gasteiger charge is 2.28. The van der Waals surface area contributed by atoms with Crippen LogP contribution in [0.5, 0.6) is 0 Å². The maximum atomic E-state index is 10.4. The molecule has 0 spiro atoms. The topological polar surface area (TPSA) is 63.6 Å². The second-order valence-corrected chi connectivity index (χ2v) is 6.77. The third-order valence-corrected chi connectivity index (χ3v) is 4.96. The quantitative estimate of drug-likeness (QED) is 0.870. The lowest BCUT2D eigenvalue weighted by atomic mass is 9.85. The lowest BCUT2D eigenvalue weighted by molar-refractivity contribution is -0.0414. The summed E-state index contributed by atoms with van der Waals surface area (Å²) in [5.41, 5.74) is -0.518. The van der Waals surface area contributed by atoms with E-state index >= 15 is 0 Å². The van der Waals surface area contributed by atoms with Crippen LogP contribution in [0.1, 0.15) is 48.3 Å². The Bertz CT molecular complexity index is 426. The van der Waals surface area contributed by atoms with Crippen molar-refractivity contribution >= 4 is 11.3 Å². The van der Waals surface area contributed by atoms with Crippen molar-refractivity contribution in [1.82, 2.24) is 10.3 Å². The fraction of sp³-hybridized carbons (Fsp3) is 0.786. The summed E-state index contributed by atoms with van der Waals surface area (Å²) in [6.45, 7) is 2.66. The Balaban J connectivity index is 1.46. The van der Waals surface area contributed by atoms with Gasteiger partial charge >= 0.3 is 0 Å². The minimum atomic E-state index is -0.518. The van der Waals surface area contributed by atoms with Crippen LogP contribution in [-0.4, -0.2) is 35.5 Å².